The van der Waals surface area contributed by atoms with Crippen molar-refractivity contribution in [1.29, 1.82) is 0 Å². The van der Waals surface area contributed by atoms with Gasteiger partial charge in [-0.25, -0.2) is 0 Å². The van der Waals surface area contributed by atoms with E-state index in [9.17, 15) is 4.79 Å². The SMILES string of the molecule is Cl.O=C(Nc1ccc(Cl)cc1Cl)C1CCCN1. The maximum Gasteiger partial charge on any atom is 0.241 e. The maximum atomic E-state index is 11.8. The molecule has 1 aromatic carbocycles. The van der Waals surface area contributed by atoms with Crippen LogP contribution in [0.4, 0.5) is 5.69 Å². The van der Waals surface area contributed by atoms with E-state index in [0.29, 0.717) is 15.7 Å². The molecule has 1 aromatic rings. The van der Waals surface area contributed by atoms with Crippen molar-refractivity contribution >= 4 is 47.2 Å². The van der Waals surface area contributed by atoms with Crippen molar-refractivity contribution in [2.24, 2.45) is 0 Å². The van der Waals surface area contributed by atoms with Crippen LogP contribution in [0.2, 0.25) is 10.0 Å². The van der Waals surface area contributed by atoms with Gasteiger partial charge in [0.05, 0.1) is 16.8 Å². The lowest BCUT2D eigenvalue weighted by Gasteiger charge is -2.12. The third-order valence-electron chi connectivity index (χ3n) is 2.57. The van der Waals surface area contributed by atoms with Gasteiger partial charge < -0.3 is 10.6 Å². The Morgan fingerprint density at radius 2 is 2.18 bits per heavy atom. The highest BCUT2D eigenvalue weighted by Crippen LogP contribution is 2.25. The number of benzene rings is 1. The molecule has 2 rings (SSSR count). The van der Waals surface area contributed by atoms with Gasteiger partial charge >= 0.3 is 0 Å². The van der Waals surface area contributed by atoms with Crippen LogP contribution in [0.15, 0.2) is 18.2 Å². The molecular weight excluding hydrogens is 282 g/mol. The Labute approximate surface area is 116 Å². The maximum absolute atomic E-state index is 11.8. The second-order valence-electron chi connectivity index (χ2n) is 3.76. The Kier molecular flexibility index (Phi) is 5.53. The Balaban J connectivity index is 0.00000144. The fraction of sp³-hybridized carbons (Fsp3) is 0.364. The highest BCUT2D eigenvalue weighted by atomic mass is 35.5. The Hall–Kier alpha value is -0.480. The van der Waals surface area contributed by atoms with Crippen LogP contribution in [-0.2, 0) is 4.79 Å². The summed E-state index contributed by atoms with van der Waals surface area (Å²) in [6, 6.07) is 4.91. The Bertz CT molecular complexity index is 406. The van der Waals surface area contributed by atoms with Gasteiger partial charge in [-0.2, -0.15) is 0 Å². The fourth-order valence-electron chi connectivity index (χ4n) is 1.72. The zero-order valence-corrected chi connectivity index (χ0v) is 11.3. The third kappa shape index (κ3) is 3.75. The van der Waals surface area contributed by atoms with Gasteiger partial charge in [-0.3, -0.25) is 4.79 Å². The highest BCUT2D eigenvalue weighted by molar-refractivity contribution is 6.36. The summed E-state index contributed by atoms with van der Waals surface area (Å²) in [6.07, 6.45) is 1.91. The van der Waals surface area contributed by atoms with Crippen LogP contribution in [0.5, 0.6) is 0 Å². The predicted octanol–water partition coefficient (Wildman–Crippen LogP) is 3.11. The number of amides is 1. The first-order chi connectivity index (χ1) is 7.66. The monoisotopic (exact) mass is 294 g/mol. The molecule has 0 saturated carbocycles. The molecule has 1 aliphatic rings. The Morgan fingerprint density at radius 3 is 2.76 bits per heavy atom. The van der Waals surface area contributed by atoms with E-state index in [1.807, 2.05) is 0 Å². The lowest BCUT2D eigenvalue weighted by molar-refractivity contribution is -0.117. The van der Waals surface area contributed by atoms with Crippen LogP contribution in [-0.4, -0.2) is 18.5 Å². The van der Waals surface area contributed by atoms with E-state index in [-0.39, 0.29) is 24.4 Å². The molecule has 3 nitrogen and oxygen atoms in total. The van der Waals surface area contributed by atoms with Crippen molar-refractivity contribution < 1.29 is 4.79 Å². The van der Waals surface area contributed by atoms with Crippen LogP contribution in [0, 0.1) is 0 Å². The molecule has 94 valence electrons. The summed E-state index contributed by atoms with van der Waals surface area (Å²) in [5.74, 6) is -0.0401. The molecule has 1 atom stereocenters. The highest BCUT2D eigenvalue weighted by Gasteiger charge is 2.22. The number of carbonyl (C=O) groups is 1. The number of anilines is 1. The van der Waals surface area contributed by atoms with E-state index in [1.54, 1.807) is 18.2 Å². The van der Waals surface area contributed by atoms with Gasteiger partial charge in [0.25, 0.3) is 0 Å². The molecule has 0 spiro atoms. The van der Waals surface area contributed by atoms with E-state index in [1.165, 1.54) is 0 Å². The molecule has 1 saturated heterocycles. The lowest BCUT2D eigenvalue weighted by atomic mass is 10.2. The van der Waals surface area contributed by atoms with Crippen molar-refractivity contribution in [2.75, 3.05) is 11.9 Å². The fourth-order valence-corrected chi connectivity index (χ4v) is 2.17. The number of nitrogens with one attached hydrogen (secondary N) is 2. The summed E-state index contributed by atoms with van der Waals surface area (Å²) < 4.78 is 0. The Morgan fingerprint density at radius 1 is 1.41 bits per heavy atom. The summed E-state index contributed by atoms with van der Waals surface area (Å²) in [7, 11) is 0. The van der Waals surface area contributed by atoms with Gasteiger partial charge in [0.15, 0.2) is 0 Å². The molecule has 17 heavy (non-hydrogen) atoms. The van der Waals surface area contributed by atoms with Gasteiger partial charge in [-0.15, -0.1) is 12.4 Å². The zero-order valence-electron chi connectivity index (χ0n) is 9.00. The molecule has 2 N–H and O–H groups in total. The minimum Gasteiger partial charge on any atom is -0.323 e. The molecule has 1 unspecified atom stereocenters. The van der Waals surface area contributed by atoms with E-state index in [4.69, 9.17) is 23.2 Å². The predicted molar refractivity (Wildman–Crippen MR) is 73.4 cm³/mol. The summed E-state index contributed by atoms with van der Waals surface area (Å²) in [4.78, 5) is 11.8. The number of rotatable bonds is 2. The smallest absolute Gasteiger partial charge is 0.241 e. The molecule has 6 heteroatoms. The molecule has 0 radical (unpaired) electrons. The number of halogens is 3. The van der Waals surface area contributed by atoms with Crippen molar-refractivity contribution in [1.82, 2.24) is 5.32 Å². The standard InChI is InChI=1S/C11H12Cl2N2O.ClH/c12-7-3-4-9(8(13)6-7)15-11(16)10-2-1-5-14-10;/h3-4,6,10,14H,1-2,5H2,(H,15,16);1H. The number of hydrogen-bond donors (Lipinski definition) is 2. The lowest BCUT2D eigenvalue weighted by Crippen LogP contribution is -2.35. The van der Waals surface area contributed by atoms with Crippen LogP contribution in [0.3, 0.4) is 0 Å². The normalized spacial score (nSPS) is 18.6. The topological polar surface area (TPSA) is 41.1 Å². The third-order valence-corrected chi connectivity index (χ3v) is 3.11. The van der Waals surface area contributed by atoms with Gasteiger partial charge in [0.1, 0.15) is 0 Å². The molecule has 1 heterocycles. The summed E-state index contributed by atoms with van der Waals surface area (Å²) in [5.41, 5.74) is 0.602. The van der Waals surface area contributed by atoms with Crippen LogP contribution in [0.25, 0.3) is 0 Å². The first-order valence-corrected chi connectivity index (χ1v) is 5.92. The number of carbonyl (C=O) groups excluding carboxylic acids is 1. The summed E-state index contributed by atoms with van der Waals surface area (Å²) >= 11 is 11.7. The van der Waals surface area contributed by atoms with Crippen LogP contribution < -0.4 is 10.6 Å². The zero-order chi connectivity index (χ0) is 11.5. The van der Waals surface area contributed by atoms with Gasteiger partial charge in [0.2, 0.25) is 5.91 Å². The van der Waals surface area contributed by atoms with Gasteiger partial charge in [-0.05, 0) is 37.6 Å². The molecule has 1 fully saturated rings. The minimum atomic E-state index is -0.105. The van der Waals surface area contributed by atoms with E-state index in [2.05, 4.69) is 10.6 Å². The van der Waals surface area contributed by atoms with E-state index >= 15 is 0 Å². The average molecular weight is 296 g/mol. The van der Waals surface area contributed by atoms with E-state index < -0.39 is 0 Å². The largest absolute Gasteiger partial charge is 0.323 e. The van der Waals surface area contributed by atoms with Gasteiger partial charge in [0, 0.05) is 5.02 Å². The van der Waals surface area contributed by atoms with E-state index in [0.717, 1.165) is 19.4 Å². The quantitative estimate of drug-likeness (QED) is 0.880. The average Bonchev–Trinajstić information content (AvgIpc) is 2.75. The first kappa shape index (κ1) is 14.6. The second-order valence-corrected chi connectivity index (χ2v) is 4.61. The second kappa shape index (κ2) is 6.45. The summed E-state index contributed by atoms with van der Waals surface area (Å²) in [6.45, 7) is 0.895. The first-order valence-electron chi connectivity index (χ1n) is 5.16. The van der Waals surface area contributed by atoms with Crippen molar-refractivity contribution in [3.8, 4) is 0 Å². The summed E-state index contributed by atoms with van der Waals surface area (Å²) in [5, 5.41) is 6.93. The van der Waals surface area contributed by atoms with Crippen molar-refractivity contribution in [3.05, 3.63) is 28.2 Å². The molecule has 0 aromatic heterocycles. The molecule has 1 amide bonds. The number of hydrogen-bond acceptors (Lipinski definition) is 2. The molecular formula is C11H13Cl3N2O. The molecule has 1 aliphatic heterocycles. The van der Waals surface area contributed by atoms with Crippen molar-refractivity contribution in [3.63, 3.8) is 0 Å². The minimum absolute atomic E-state index is 0. The van der Waals surface area contributed by atoms with Crippen LogP contribution >= 0.6 is 35.6 Å². The molecule has 0 bridgehead atoms. The van der Waals surface area contributed by atoms with Crippen molar-refractivity contribution in [2.45, 2.75) is 18.9 Å². The van der Waals surface area contributed by atoms with Crippen LogP contribution in [0.1, 0.15) is 12.8 Å². The van der Waals surface area contributed by atoms with Gasteiger partial charge in [-0.1, -0.05) is 23.2 Å². The molecule has 0 aliphatic carbocycles.